The zero-order valence-corrected chi connectivity index (χ0v) is 16.9. The molecule has 1 unspecified atom stereocenters. The van der Waals surface area contributed by atoms with Gasteiger partial charge in [-0.05, 0) is 30.7 Å². The quantitative estimate of drug-likeness (QED) is 0.700. The van der Waals surface area contributed by atoms with Gasteiger partial charge in [0.1, 0.15) is 5.82 Å². The van der Waals surface area contributed by atoms with Crippen molar-refractivity contribution in [2.45, 2.75) is 39.2 Å². The summed E-state index contributed by atoms with van der Waals surface area (Å²) in [4.78, 5) is 31.2. The normalized spacial score (nSPS) is 16.6. The van der Waals surface area contributed by atoms with Gasteiger partial charge in [-0.3, -0.25) is 9.59 Å². The maximum atomic E-state index is 12.5. The van der Waals surface area contributed by atoms with E-state index in [1.54, 1.807) is 4.90 Å². The number of nitrogens with zero attached hydrogens (tertiary/aromatic N) is 3. The van der Waals surface area contributed by atoms with Gasteiger partial charge in [0.2, 0.25) is 11.8 Å². The summed E-state index contributed by atoms with van der Waals surface area (Å²) >= 11 is 0. The van der Waals surface area contributed by atoms with Crippen LogP contribution < -0.4 is 5.32 Å². The van der Waals surface area contributed by atoms with Gasteiger partial charge in [0.15, 0.2) is 0 Å². The summed E-state index contributed by atoms with van der Waals surface area (Å²) in [5, 5.41) is 2.92. The average Bonchev–Trinajstić information content (AvgIpc) is 3.28. The van der Waals surface area contributed by atoms with E-state index in [0.29, 0.717) is 18.7 Å². The zero-order chi connectivity index (χ0) is 20.4. The van der Waals surface area contributed by atoms with Crippen molar-refractivity contribution in [1.29, 1.82) is 0 Å². The van der Waals surface area contributed by atoms with E-state index in [1.807, 2.05) is 48.5 Å². The average molecular weight is 390 g/mol. The summed E-state index contributed by atoms with van der Waals surface area (Å²) in [6.45, 7) is 5.71. The van der Waals surface area contributed by atoms with Crippen LogP contribution in [0.25, 0.3) is 11.0 Å². The Morgan fingerprint density at radius 1 is 1.17 bits per heavy atom. The fraction of sp³-hybridized carbons (Fsp3) is 0.348. The number of likely N-dealkylation sites (tertiary alicyclic amines) is 1. The molecular weight excluding hydrogens is 364 g/mol. The van der Waals surface area contributed by atoms with Crippen LogP contribution in [0.15, 0.2) is 48.5 Å². The molecule has 1 aromatic heterocycles. The van der Waals surface area contributed by atoms with Crippen LogP contribution >= 0.6 is 0 Å². The molecule has 1 N–H and O–H groups in total. The molecule has 1 aliphatic rings. The van der Waals surface area contributed by atoms with E-state index in [0.717, 1.165) is 35.4 Å². The summed E-state index contributed by atoms with van der Waals surface area (Å²) in [6.07, 6.45) is 1.32. The maximum Gasteiger partial charge on any atom is 0.243 e. The van der Waals surface area contributed by atoms with Gasteiger partial charge < -0.3 is 14.8 Å². The van der Waals surface area contributed by atoms with E-state index in [9.17, 15) is 9.59 Å². The van der Waals surface area contributed by atoms with Gasteiger partial charge >= 0.3 is 0 Å². The fourth-order valence-corrected chi connectivity index (χ4v) is 4.13. The minimum absolute atomic E-state index is 0.0266. The Morgan fingerprint density at radius 2 is 1.97 bits per heavy atom. The van der Waals surface area contributed by atoms with E-state index in [2.05, 4.69) is 28.7 Å². The smallest absolute Gasteiger partial charge is 0.243 e. The van der Waals surface area contributed by atoms with E-state index in [-0.39, 0.29) is 24.3 Å². The summed E-state index contributed by atoms with van der Waals surface area (Å²) in [7, 11) is 0. The number of fused-ring (bicyclic) bond motifs is 1. The zero-order valence-electron chi connectivity index (χ0n) is 16.9. The van der Waals surface area contributed by atoms with Crippen LogP contribution in [-0.4, -0.2) is 39.4 Å². The number of carbonyl (C=O) groups excluding carboxylic acids is 2. The number of benzene rings is 2. The summed E-state index contributed by atoms with van der Waals surface area (Å²) in [5.74, 6) is 1.04. The highest BCUT2D eigenvalue weighted by molar-refractivity contribution is 5.96. The number of hydrogen-bond donors (Lipinski definition) is 1. The molecule has 2 amide bonds. The molecule has 29 heavy (non-hydrogen) atoms. The van der Waals surface area contributed by atoms with Crippen LogP contribution in [0.4, 0.5) is 5.69 Å². The van der Waals surface area contributed by atoms with Gasteiger partial charge in [-0.15, -0.1) is 0 Å². The second-order valence-electron chi connectivity index (χ2n) is 7.46. The van der Waals surface area contributed by atoms with E-state index in [1.165, 1.54) is 0 Å². The van der Waals surface area contributed by atoms with Crippen molar-refractivity contribution >= 4 is 28.5 Å². The third-order valence-corrected chi connectivity index (χ3v) is 5.56. The number of imidazole rings is 1. The van der Waals surface area contributed by atoms with E-state index >= 15 is 0 Å². The van der Waals surface area contributed by atoms with Crippen LogP contribution in [-0.2, 0) is 22.6 Å². The molecule has 6 nitrogen and oxygen atoms in total. The lowest BCUT2D eigenvalue weighted by molar-refractivity contribution is -0.131. The fourth-order valence-electron chi connectivity index (χ4n) is 4.13. The van der Waals surface area contributed by atoms with E-state index in [4.69, 9.17) is 0 Å². The van der Waals surface area contributed by atoms with E-state index < -0.39 is 0 Å². The Morgan fingerprint density at radius 3 is 2.69 bits per heavy atom. The standard InChI is InChI=1S/C23H26N4O2/c1-3-21-25-19-13-18(10-11-20(19)27(21)4-2)24-22(28)15-26-14-17(12-23(26)29)16-8-6-5-7-9-16/h5-11,13,17H,3-4,12,14-15H2,1-2H3,(H,24,28). The van der Waals surface area contributed by atoms with Gasteiger partial charge in [0, 0.05) is 37.5 Å². The number of amides is 2. The van der Waals surface area contributed by atoms with Crippen molar-refractivity contribution in [3.63, 3.8) is 0 Å². The van der Waals surface area contributed by atoms with Gasteiger partial charge in [0.05, 0.1) is 17.6 Å². The summed E-state index contributed by atoms with van der Waals surface area (Å²) in [5.41, 5.74) is 3.80. The van der Waals surface area contributed by atoms with Crippen LogP contribution in [0.2, 0.25) is 0 Å². The third kappa shape index (κ3) is 3.88. The Labute approximate surface area is 170 Å². The second-order valence-corrected chi connectivity index (χ2v) is 7.46. The maximum absolute atomic E-state index is 12.5. The predicted molar refractivity (Wildman–Crippen MR) is 114 cm³/mol. The highest BCUT2D eigenvalue weighted by Crippen LogP contribution is 2.28. The molecule has 0 saturated carbocycles. The molecule has 0 radical (unpaired) electrons. The minimum atomic E-state index is -0.183. The highest BCUT2D eigenvalue weighted by Gasteiger charge is 2.31. The second kappa shape index (κ2) is 8.07. The molecule has 3 aromatic rings. The molecule has 0 bridgehead atoms. The Balaban J connectivity index is 1.42. The molecule has 1 fully saturated rings. The topological polar surface area (TPSA) is 67.2 Å². The minimum Gasteiger partial charge on any atom is -0.333 e. The lowest BCUT2D eigenvalue weighted by atomic mass is 9.99. The molecule has 4 rings (SSSR count). The lowest BCUT2D eigenvalue weighted by Gasteiger charge is -2.16. The largest absolute Gasteiger partial charge is 0.333 e. The number of rotatable bonds is 6. The molecule has 2 aromatic carbocycles. The van der Waals surface area contributed by atoms with Gasteiger partial charge in [0.25, 0.3) is 0 Å². The first kappa shape index (κ1) is 19.2. The summed E-state index contributed by atoms with van der Waals surface area (Å²) in [6, 6.07) is 15.8. The van der Waals surface area contributed by atoms with Gasteiger partial charge in [-0.1, -0.05) is 37.3 Å². The monoisotopic (exact) mass is 390 g/mol. The predicted octanol–water partition coefficient (Wildman–Crippen LogP) is 3.57. The van der Waals surface area contributed by atoms with Crippen LogP contribution in [0, 0.1) is 0 Å². The molecule has 2 heterocycles. The lowest BCUT2D eigenvalue weighted by Crippen LogP contribution is -2.34. The summed E-state index contributed by atoms with van der Waals surface area (Å²) < 4.78 is 2.19. The number of aromatic nitrogens is 2. The van der Waals surface area contributed by atoms with Crippen molar-refractivity contribution in [3.05, 3.63) is 59.9 Å². The van der Waals surface area contributed by atoms with Crippen LogP contribution in [0.1, 0.15) is 37.6 Å². The first-order valence-electron chi connectivity index (χ1n) is 10.2. The third-order valence-electron chi connectivity index (χ3n) is 5.56. The van der Waals surface area contributed by atoms with Crippen molar-refractivity contribution in [2.75, 3.05) is 18.4 Å². The van der Waals surface area contributed by atoms with Crippen molar-refractivity contribution < 1.29 is 9.59 Å². The molecule has 0 aliphatic carbocycles. The van der Waals surface area contributed by atoms with Crippen LogP contribution in [0.3, 0.4) is 0 Å². The number of carbonyl (C=O) groups is 2. The number of aryl methyl sites for hydroxylation is 2. The van der Waals surface area contributed by atoms with Gasteiger partial charge in [-0.25, -0.2) is 4.98 Å². The molecular formula is C23H26N4O2. The Bertz CT molecular complexity index is 1040. The number of anilines is 1. The molecule has 1 saturated heterocycles. The van der Waals surface area contributed by atoms with Crippen molar-refractivity contribution in [2.24, 2.45) is 0 Å². The Hall–Kier alpha value is -3.15. The highest BCUT2D eigenvalue weighted by atomic mass is 16.2. The van der Waals surface area contributed by atoms with Crippen molar-refractivity contribution in [1.82, 2.24) is 14.5 Å². The molecule has 150 valence electrons. The van der Waals surface area contributed by atoms with Crippen molar-refractivity contribution in [3.8, 4) is 0 Å². The Kier molecular flexibility index (Phi) is 5.34. The molecule has 6 heteroatoms. The first-order chi connectivity index (χ1) is 14.1. The van der Waals surface area contributed by atoms with Gasteiger partial charge in [-0.2, -0.15) is 0 Å². The molecule has 0 spiro atoms. The number of hydrogen-bond acceptors (Lipinski definition) is 3. The molecule has 1 atom stereocenters. The number of nitrogens with one attached hydrogen (secondary N) is 1. The van der Waals surface area contributed by atoms with Crippen LogP contribution in [0.5, 0.6) is 0 Å². The SMILES string of the molecule is CCc1nc2cc(NC(=O)CN3CC(c4ccccc4)CC3=O)ccc2n1CC. The molecule has 1 aliphatic heterocycles. The first-order valence-corrected chi connectivity index (χ1v) is 10.2.